The highest BCUT2D eigenvalue weighted by atomic mass is 16.5. The van der Waals surface area contributed by atoms with Crippen molar-refractivity contribution in [1.29, 1.82) is 0 Å². The molecule has 2 atom stereocenters. The molecule has 20 heavy (non-hydrogen) atoms. The van der Waals surface area contributed by atoms with Gasteiger partial charge in [-0.25, -0.2) is 4.98 Å². The largest absolute Gasteiger partial charge is 0.474 e. The lowest BCUT2D eigenvalue weighted by molar-refractivity contribution is 0.0848. The first-order valence-electron chi connectivity index (χ1n) is 7.95. The first-order chi connectivity index (χ1) is 9.65. The number of ether oxygens (including phenoxy) is 1. The molecule has 0 aliphatic heterocycles. The zero-order chi connectivity index (χ0) is 14.5. The quantitative estimate of drug-likeness (QED) is 0.892. The van der Waals surface area contributed by atoms with Gasteiger partial charge in [-0.3, -0.25) is 0 Å². The molecule has 0 bridgehead atoms. The average molecular weight is 277 g/mol. The van der Waals surface area contributed by atoms with E-state index in [0.29, 0.717) is 17.6 Å². The number of nitrogens with zero attached hydrogens (tertiary/aromatic N) is 2. The predicted octanol–water partition coefficient (Wildman–Crippen LogP) is 3.67. The van der Waals surface area contributed by atoms with Crippen LogP contribution in [-0.2, 0) is 6.42 Å². The van der Waals surface area contributed by atoms with Crippen LogP contribution in [0.25, 0.3) is 0 Å². The lowest BCUT2D eigenvalue weighted by Gasteiger charge is -2.31. The van der Waals surface area contributed by atoms with Gasteiger partial charge >= 0.3 is 0 Å². The number of hydrogen-bond donors (Lipinski definition) is 1. The molecule has 0 saturated heterocycles. The fourth-order valence-electron chi connectivity index (χ4n) is 2.95. The van der Waals surface area contributed by atoms with E-state index in [1.54, 1.807) is 0 Å². The van der Waals surface area contributed by atoms with Crippen molar-refractivity contribution in [2.75, 3.05) is 5.73 Å². The molecule has 0 amide bonds. The Morgan fingerprint density at radius 1 is 1.20 bits per heavy atom. The van der Waals surface area contributed by atoms with Gasteiger partial charge in [-0.15, -0.1) is 0 Å². The van der Waals surface area contributed by atoms with E-state index in [-0.39, 0.29) is 6.10 Å². The third-order valence-electron chi connectivity index (χ3n) is 4.29. The van der Waals surface area contributed by atoms with E-state index >= 15 is 0 Å². The van der Waals surface area contributed by atoms with Crippen molar-refractivity contribution in [2.45, 2.75) is 71.8 Å². The molecule has 1 saturated carbocycles. The van der Waals surface area contributed by atoms with Crippen molar-refractivity contribution in [3.63, 3.8) is 0 Å². The van der Waals surface area contributed by atoms with Crippen molar-refractivity contribution in [3.8, 4) is 5.88 Å². The lowest BCUT2D eigenvalue weighted by atomic mass is 9.85. The van der Waals surface area contributed by atoms with E-state index in [2.05, 4.69) is 23.8 Å². The Hall–Kier alpha value is -1.32. The van der Waals surface area contributed by atoms with Gasteiger partial charge in [0.2, 0.25) is 5.88 Å². The van der Waals surface area contributed by atoms with Crippen LogP contribution in [0.1, 0.15) is 63.8 Å². The smallest absolute Gasteiger partial charge is 0.222 e. The Labute approximate surface area is 122 Å². The maximum Gasteiger partial charge on any atom is 0.222 e. The van der Waals surface area contributed by atoms with Crippen LogP contribution in [0.5, 0.6) is 5.88 Å². The standard InChI is InChI=1S/C16H27N3O/c1-4-8-14-18-15(17)11(3)16(19-14)20-13-10-7-6-9-12(13)5-2/h12-13H,4-10H2,1-3H3,(H2,17,18,19). The minimum Gasteiger partial charge on any atom is -0.474 e. The third-order valence-corrected chi connectivity index (χ3v) is 4.29. The van der Waals surface area contributed by atoms with Gasteiger partial charge < -0.3 is 10.5 Å². The van der Waals surface area contributed by atoms with Gasteiger partial charge in [0.05, 0.1) is 5.56 Å². The molecule has 0 radical (unpaired) electrons. The van der Waals surface area contributed by atoms with Gasteiger partial charge in [0, 0.05) is 6.42 Å². The molecule has 2 rings (SSSR count). The first kappa shape index (κ1) is 15.1. The number of aryl methyl sites for hydroxylation is 1. The number of hydrogen-bond acceptors (Lipinski definition) is 4. The van der Waals surface area contributed by atoms with Crippen molar-refractivity contribution < 1.29 is 4.74 Å². The fourth-order valence-corrected chi connectivity index (χ4v) is 2.95. The molecule has 112 valence electrons. The maximum atomic E-state index is 6.23. The Kier molecular flexibility index (Phi) is 5.21. The van der Waals surface area contributed by atoms with Crippen LogP contribution >= 0.6 is 0 Å². The summed E-state index contributed by atoms with van der Waals surface area (Å²) in [6.45, 7) is 6.31. The first-order valence-corrected chi connectivity index (χ1v) is 7.95. The molecular formula is C16H27N3O. The van der Waals surface area contributed by atoms with Crippen LogP contribution in [0, 0.1) is 12.8 Å². The molecule has 1 aliphatic carbocycles. The molecule has 4 heteroatoms. The summed E-state index contributed by atoms with van der Waals surface area (Å²) in [6, 6.07) is 0. The highest BCUT2D eigenvalue weighted by Crippen LogP contribution is 2.31. The molecule has 1 heterocycles. The highest BCUT2D eigenvalue weighted by molar-refractivity contribution is 5.44. The lowest BCUT2D eigenvalue weighted by Crippen LogP contribution is -2.30. The van der Waals surface area contributed by atoms with E-state index in [1.807, 2.05) is 6.92 Å². The van der Waals surface area contributed by atoms with Gasteiger partial charge in [0.15, 0.2) is 0 Å². The maximum absolute atomic E-state index is 6.23. The summed E-state index contributed by atoms with van der Waals surface area (Å²) in [5, 5.41) is 0. The minimum atomic E-state index is 0.288. The van der Waals surface area contributed by atoms with E-state index < -0.39 is 0 Å². The van der Waals surface area contributed by atoms with E-state index in [1.165, 1.54) is 25.7 Å². The van der Waals surface area contributed by atoms with Crippen LogP contribution in [0.4, 0.5) is 5.82 Å². The van der Waals surface area contributed by atoms with Gasteiger partial charge in [-0.05, 0) is 44.9 Å². The van der Waals surface area contributed by atoms with E-state index in [0.717, 1.165) is 30.7 Å². The van der Waals surface area contributed by atoms with Crippen LogP contribution < -0.4 is 10.5 Å². The molecule has 1 aromatic rings. The molecule has 0 aromatic carbocycles. The fraction of sp³-hybridized carbons (Fsp3) is 0.750. The second kappa shape index (κ2) is 6.91. The summed E-state index contributed by atoms with van der Waals surface area (Å²) in [4.78, 5) is 8.91. The second-order valence-electron chi connectivity index (χ2n) is 5.81. The third kappa shape index (κ3) is 3.41. The molecule has 4 nitrogen and oxygen atoms in total. The summed E-state index contributed by atoms with van der Waals surface area (Å²) in [7, 11) is 0. The monoisotopic (exact) mass is 277 g/mol. The molecular weight excluding hydrogens is 250 g/mol. The Morgan fingerprint density at radius 3 is 2.65 bits per heavy atom. The zero-order valence-corrected chi connectivity index (χ0v) is 13.0. The number of nitrogen functional groups attached to an aromatic ring is 1. The van der Waals surface area contributed by atoms with Crippen LogP contribution in [-0.4, -0.2) is 16.1 Å². The van der Waals surface area contributed by atoms with Crippen molar-refractivity contribution in [1.82, 2.24) is 9.97 Å². The Bertz CT molecular complexity index is 448. The van der Waals surface area contributed by atoms with Gasteiger partial charge in [-0.1, -0.05) is 20.3 Å². The molecule has 1 fully saturated rings. The second-order valence-corrected chi connectivity index (χ2v) is 5.81. The topological polar surface area (TPSA) is 61.0 Å². The van der Waals surface area contributed by atoms with Crippen LogP contribution in [0.15, 0.2) is 0 Å². The summed E-state index contributed by atoms with van der Waals surface area (Å²) < 4.78 is 6.23. The van der Waals surface area contributed by atoms with E-state index in [4.69, 9.17) is 10.5 Å². The summed E-state index contributed by atoms with van der Waals surface area (Å²) in [5.74, 6) is 2.71. The summed E-state index contributed by atoms with van der Waals surface area (Å²) in [6.07, 6.45) is 8.30. The number of nitrogens with two attached hydrogens (primary N) is 1. The summed E-state index contributed by atoms with van der Waals surface area (Å²) >= 11 is 0. The van der Waals surface area contributed by atoms with Crippen molar-refractivity contribution in [2.24, 2.45) is 5.92 Å². The Balaban J connectivity index is 2.18. The van der Waals surface area contributed by atoms with Crippen molar-refractivity contribution >= 4 is 5.82 Å². The van der Waals surface area contributed by atoms with Gasteiger partial charge in [0.1, 0.15) is 17.7 Å². The molecule has 0 spiro atoms. The van der Waals surface area contributed by atoms with Gasteiger partial charge in [-0.2, -0.15) is 4.98 Å². The number of rotatable bonds is 5. The zero-order valence-electron chi connectivity index (χ0n) is 13.0. The molecule has 2 unspecified atom stereocenters. The van der Waals surface area contributed by atoms with Crippen LogP contribution in [0.2, 0.25) is 0 Å². The van der Waals surface area contributed by atoms with E-state index in [9.17, 15) is 0 Å². The normalized spacial score (nSPS) is 22.8. The highest BCUT2D eigenvalue weighted by Gasteiger charge is 2.26. The SMILES string of the molecule is CCCc1nc(N)c(C)c(OC2CCCCC2CC)n1. The number of aromatic nitrogens is 2. The van der Waals surface area contributed by atoms with Crippen molar-refractivity contribution in [3.05, 3.63) is 11.4 Å². The molecule has 2 N–H and O–H groups in total. The molecule has 1 aromatic heterocycles. The molecule has 1 aliphatic rings. The predicted molar refractivity (Wildman–Crippen MR) is 81.8 cm³/mol. The van der Waals surface area contributed by atoms with Gasteiger partial charge in [0.25, 0.3) is 0 Å². The van der Waals surface area contributed by atoms with Crippen LogP contribution in [0.3, 0.4) is 0 Å². The minimum absolute atomic E-state index is 0.288. The number of anilines is 1. The Morgan fingerprint density at radius 2 is 1.95 bits per heavy atom. The average Bonchev–Trinajstić information content (AvgIpc) is 2.45. The summed E-state index contributed by atoms with van der Waals surface area (Å²) in [5.41, 5.74) is 6.87.